The van der Waals surface area contributed by atoms with E-state index in [1.54, 1.807) is 19.1 Å². The fourth-order valence-corrected chi connectivity index (χ4v) is 1.52. The topological polar surface area (TPSA) is 64.1 Å². The average molecular weight is 275 g/mol. The Labute approximate surface area is 115 Å². The molecule has 1 aromatic heterocycles. The van der Waals surface area contributed by atoms with E-state index in [1.807, 2.05) is 6.92 Å². The fraction of sp³-hybridized carbons (Fsp3) is 0.214. The first-order chi connectivity index (χ1) is 9.60. The predicted octanol–water partition coefficient (Wildman–Crippen LogP) is 2.58. The van der Waals surface area contributed by atoms with E-state index in [9.17, 15) is 9.18 Å². The minimum absolute atomic E-state index is 0.238. The zero-order valence-corrected chi connectivity index (χ0v) is 11.2. The molecule has 5 nitrogen and oxygen atoms in total. The molecule has 2 rings (SSSR count). The van der Waals surface area contributed by atoms with Gasteiger partial charge in [-0.25, -0.2) is 14.4 Å². The number of halogens is 1. The number of aryl methyl sites for hydroxylation is 1. The first-order valence-corrected chi connectivity index (χ1v) is 6.12. The van der Waals surface area contributed by atoms with Gasteiger partial charge in [-0.3, -0.25) is 4.79 Å². The van der Waals surface area contributed by atoms with Gasteiger partial charge in [0, 0.05) is 5.56 Å². The lowest BCUT2D eigenvalue weighted by Crippen LogP contribution is -2.13. The molecule has 0 aliphatic rings. The van der Waals surface area contributed by atoms with Crippen molar-refractivity contribution in [3.8, 4) is 6.01 Å². The van der Waals surface area contributed by atoms with Gasteiger partial charge in [0.05, 0.1) is 24.7 Å². The van der Waals surface area contributed by atoms with Crippen LogP contribution < -0.4 is 10.1 Å². The van der Waals surface area contributed by atoms with Crippen LogP contribution in [0, 0.1) is 12.7 Å². The molecule has 0 fully saturated rings. The zero-order chi connectivity index (χ0) is 14.5. The van der Waals surface area contributed by atoms with Crippen molar-refractivity contribution >= 4 is 11.6 Å². The number of ether oxygens (including phenoxy) is 1. The van der Waals surface area contributed by atoms with Gasteiger partial charge in [-0.1, -0.05) is 6.07 Å². The Kier molecular flexibility index (Phi) is 4.24. The lowest BCUT2D eigenvalue weighted by atomic mass is 10.1. The summed E-state index contributed by atoms with van der Waals surface area (Å²) < 4.78 is 18.5. The van der Waals surface area contributed by atoms with Crippen LogP contribution in [0.25, 0.3) is 0 Å². The molecule has 0 radical (unpaired) electrons. The Hall–Kier alpha value is -2.50. The summed E-state index contributed by atoms with van der Waals surface area (Å²) in [5.74, 6) is -0.836. The van der Waals surface area contributed by atoms with Crippen molar-refractivity contribution < 1.29 is 13.9 Å². The zero-order valence-electron chi connectivity index (χ0n) is 11.2. The molecule has 1 aromatic carbocycles. The quantitative estimate of drug-likeness (QED) is 0.931. The fourth-order valence-electron chi connectivity index (χ4n) is 1.52. The van der Waals surface area contributed by atoms with E-state index in [0.29, 0.717) is 17.9 Å². The average Bonchev–Trinajstić information content (AvgIpc) is 2.44. The summed E-state index contributed by atoms with van der Waals surface area (Å²) in [5, 5.41) is 2.59. The van der Waals surface area contributed by atoms with Crippen LogP contribution in [-0.2, 0) is 0 Å². The van der Waals surface area contributed by atoms with E-state index in [4.69, 9.17) is 4.74 Å². The number of carbonyl (C=O) groups is 1. The number of hydrogen-bond acceptors (Lipinski definition) is 4. The van der Waals surface area contributed by atoms with Crippen molar-refractivity contribution in [1.29, 1.82) is 0 Å². The van der Waals surface area contributed by atoms with Crippen molar-refractivity contribution in [1.82, 2.24) is 9.97 Å². The Morgan fingerprint density at radius 1 is 1.35 bits per heavy atom. The highest BCUT2D eigenvalue weighted by Crippen LogP contribution is 2.12. The lowest BCUT2D eigenvalue weighted by Gasteiger charge is -2.06. The van der Waals surface area contributed by atoms with Crippen molar-refractivity contribution in [2.24, 2.45) is 0 Å². The van der Waals surface area contributed by atoms with E-state index in [0.717, 1.165) is 0 Å². The maximum atomic E-state index is 13.4. The molecule has 0 spiro atoms. The highest BCUT2D eigenvalue weighted by Gasteiger charge is 2.09. The van der Waals surface area contributed by atoms with Crippen LogP contribution in [0.5, 0.6) is 6.01 Å². The molecule has 104 valence electrons. The first-order valence-electron chi connectivity index (χ1n) is 6.12. The van der Waals surface area contributed by atoms with Gasteiger partial charge in [-0.2, -0.15) is 0 Å². The molecule has 1 amide bonds. The Morgan fingerprint density at radius 3 is 2.65 bits per heavy atom. The number of nitrogens with zero attached hydrogens (tertiary/aromatic N) is 2. The molecule has 0 atom stereocenters. The number of rotatable bonds is 4. The molecular weight excluding hydrogens is 261 g/mol. The second-order valence-corrected chi connectivity index (χ2v) is 4.11. The maximum absolute atomic E-state index is 13.4. The number of nitrogens with one attached hydrogen (secondary N) is 1. The summed E-state index contributed by atoms with van der Waals surface area (Å²) in [6, 6.07) is 4.55. The van der Waals surface area contributed by atoms with Gasteiger partial charge in [-0.15, -0.1) is 0 Å². The molecule has 0 saturated heterocycles. The molecule has 0 bridgehead atoms. The lowest BCUT2D eigenvalue weighted by molar-refractivity contribution is 0.102. The summed E-state index contributed by atoms with van der Waals surface area (Å²) in [6.45, 7) is 3.93. The predicted molar refractivity (Wildman–Crippen MR) is 72.3 cm³/mol. The summed E-state index contributed by atoms with van der Waals surface area (Å²) in [4.78, 5) is 19.8. The van der Waals surface area contributed by atoms with E-state index < -0.39 is 11.7 Å². The minimum Gasteiger partial charge on any atom is -0.464 e. The third-order valence-electron chi connectivity index (χ3n) is 2.59. The normalized spacial score (nSPS) is 10.2. The van der Waals surface area contributed by atoms with Crippen LogP contribution >= 0.6 is 0 Å². The minimum atomic E-state index is -0.420. The molecule has 1 heterocycles. The number of carbonyl (C=O) groups excluding carboxylic acids is 1. The van der Waals surface area contributed by atoms with E-state index in [-0.39, 0.29) is 11.6 Å². The molecule has 1 N–H and O–H groups in total. The van der Waals surface area contributed by atoms with Gasteiger partial charge in [0.2, 0.25) is 0 Å². The van der Waals surface area contributed by atoms with E-state index in [2.05, 4.69) is 15.3 Å². The molecule has 2 aromatic rings. The van der Waals surface area contributed by atoms with Crippen molar-refractivity contribution in [2.75, 3.05) is 11.9 Å². The van der Waals surface area contributed by atoms with Gasteiger partial charge in [0.25, 0.3) is 5.91 Å². The van der Waals surface area contributed by atoms with Crippen LogP contribution in [-0.4, -0.2) is 22.5 Å². The third kappa shape index (κ3) is 3.28. The Bertz CT molecular complexity index is 614. The van der Waals surface area contributed by atoms with Crippen LogP contribution in [0.2, 0.25) is 0 Å². The SMILES string of the molecule is CCOc1ncc(NC(=O)c2ccc(C)c(F)c2)cn1. The standard InChI is InChI=1S/C14H14FN3O2/c1-3-20-14-16-7-11(8-17-14)18-13(19)10-5-4-9(2)12(15)6-10/h4-8H,3H2,1-2H3,(H,18,19). The molecule has 20 heavy (non-hydrogen) atoms. The van der Waals surface area contributed by atoms with E-state index >= 15 is 0 Å². The van der Waals surface area contributed by atoms with Gasteiger partial charge in [0.15, 0.2) is 0 Å². The molecule has 6 heteroatoms. The van der Waals surface area contributed by atoms with E-state index in [1.165, 1.54) is 18.5 Å². The highest BCUT2D eigenvalue weighted by molar-refractivity contribution is 6.04. The van der Waals surface area contributed by atoms with Gasteiger partial charge >= 0.3 is 6.01 Å². The first kappa shape index (κ1) is 13.9. The number of anilines is 1. The molecule has 0 aliphatic carbocycles. The molecule has 0 aliphatic heterocycles. The number of hydrogen-bond donors (Lipinski definition) is 1. The smallest absolute Gasteiger partial charge is 0.316 e. The van der Waals surface area contributed by atoms with Gasteiger partial charge < -0.3 is 10.1 Å². The maximum Gasteiger partial charge on any atom is 0.316 e. The Balaban J connectivity index is 2.08. The van der Waals surface area contributed by atoms with Gasteiger partial charge in [0.1, 0.15) is 5.82 Å². The number of aromatic nitrogens is 2. The van der Waals surface area contributed by atoms with Crippen LogP contribution in [0.3, 0.4) is 0 Å². The van der Waals surface area contributed by atoms with Crippen LogP contribution in [0.4, 0.5) is 10.1 Å². The largest absolute Gasteiger partial charge is 0.464 e. The third-order valence-corrected chi connectivity index (χ3v) is 2.59. The van der Waals surface area contributed by atoms with Crippen molar-refractivity contribution in [3.63, 3.8) is 0 Å². The summed E-state index contributed by atoms with van der Waals surface area (Å²) in [5.41, 5.74) is 1.15. The van der Waals surface area contributed by atoms with Crippen molar-refractivity contribution in [2.45, 2.75) is 13.8 Å². The summed E-state index contributed by atoms with van der Waals surface area (Å²) in [6.07, 6.45) is 2.86. The second kappa shape index (κ2) is 6.10. The van der Waals surface area contributed by atoms with Gasteiger partial charge in [-0.05, 0) is 31.5 Å². The molecule has 0 saturated carbocycles. The Morgan fingerprint density at radius 2 is 2.05 bits per heavy atom. The van der Waals surface area contributed by atoms with Crippen LogP contribution in [0.1, 0.15) is 22.8 Å². The van der Waals surface area contributed by atoms with Crippen molar-refractivity contribution in [3.05, 3.63) is 47.5 Å². The highest BCUT2D eigenvalue weighted by atomic mass is 19.1. The molecular formula is C14H14FN3O2. The number of benzene rings is 1. The van der Waals surface area contributed by atoms with Crippen LogP contribution in [0.15, 0.2) is 30.6 Å². The summed E-state index contributed by atoms with van der Waals surface area (Å²) in [7, 11) is 0. The monoisotopic (exact) mass is 275 g/mol. The second-order valence-electron chi connectivity index (χ2n) is 4.11. The molecule has 0 unspecified atom stereocenters. The number of amides is 1. The summed E-state index contributed by atoms with van der Waals surface area (Å²) >= 11 is 0.